The second-order valence-electron chi connectivity index (χ2n) is 4.09. The number of nitrogens with one attached hydrogen (secondary N) is 1. The molecule has 4 nitrogen and oxygen atoms in total. The number of aromatic nitrogens is 1. The lowest BCUT2D eigenvalue weighted by molar-refractivity contribution is 0.0938. The van der Waals surface area contributed by atoms with Gasteiger partial charge in [0.25, 0.3) is 5.91 Å². The Balaban J connectivity index is 1.98. The van der Waals surface area contributed by atoms with Crippen molar-refractivity contribution in [1.29, 1.82) is 0 Å². The van der Waals surface area contributed by atoms with Crippen LogP contribution in [0.5, 0.6) is 0 Å². The van der Waals surface area contributed by atoms with Gasteiger partial charge in [0, 0.05) is 24.3 Å². The zero-order chi connectivity index (χ0) is 11.5. The lowest BCUT2D eigenvalue weighted by Gasteiger charge is -2.12. The third-order valence-electron chi connectivity index (χ3n) is 2.72. The lowest BCUT2D eigenvalue weighted by atomic mass is 10.2. The summed E-state index contributed by atoms with van der Waals surface area (Å²) >= 11 is 3.25. The first-order valence-corrected chi connectivity index (χ1v) is 6.05. The highest BCUT2D eigenvalue weighted by atomic mass is 79.9. The molecule has 86 valence electrons. The van der Waals surface area contributed by atoms with Crippen LogP contribution in [0.15, 0.2) is 22.9 Å². The molecule has 1 unspecified atom stereocenters. The van der Waals surface area contributed by atoms with Crippen LogP contribution in [0, 0.1) is 0 Å². The maximum atomic E-state index is 11.9. The molecule has 1 fully saturated rings. The summed E-state index contributed by atoms with van der Waals surface area (Å²) in [6.45, 7) is 1.98. The fourth-order valence-corrected chi connectivity index (χ4v) is 2.23. The Morgan fingerprint density at radius 2 is 2.50 bits per heavy atom. The number of likely N-dealkylation sites (N-methyl/N-ethyl adjacent to an activating group) is 1. The molecule has 0 saturated carbocycles. The fraction of sp³-hybridized carbons (Fsp3) is 0.455. The zero-order valence-corrected chi connectivity index (χ0v) is 10.7. The summed E-state index contributed by atoms with van der Waals surface area (Å²) in [4.78, 5) is 18.1. The summed E-state index contributed by atoms with van der Waals surface area (Å²) in [7, 11) is 2.06. The lowest BCUT2D eigenvalue weighted by Crippen LogP contribution is -2.36. The van der Waals surface area contributed by atoms with Crippen molar-refractivity contribution in [3.05, 3.63) is 28.5 Å². The van der Waals surface area contributed by atoms with Crippen LogP contribution in [0.3, 0.4) is 0 Å². The van der Waals surface area contributed by atoms with Gasteiger partial charge in [0.05, 0.1) is 0 Å². The van der Waals surface area contributed by atoms with Crippen molar-refractivity contribution in [1.82, 2.24) is 15.2 Å². The molecule has 5 heteroatoms. The van der Waals surface area contributed by atoms with Crippen molar-refractivity contribution in [3.8, 4) is 0 Å². The molecule has 1 aliphatic rings. The Morgan fingerprint density at radius 1 is 1.69 bits per heavy atom. The Hall–Kier alpha value is -0.940. The molecule has 2 rings (SSSR count). The van der Waals surface area contributed by atoms with E-state index in [1.54, 1.807) is 18.3 Å². The molecule has 1 atom stereocenters. The summed E-state index contributed by atoms with van der Waals surface area (Å²) < 4.78 is 0.684. The van der Waals surface area contributed by atoms with E-state index in [0.29, 0.717) is 10.2 Å². The van der Waals surface area contributed by atoms with Gasteiger partial charge in [-0.2, -0.15) is 0 Å². The molecule has 1 saturated heterocycles. The predicted molar refractivity (Wildman–Crippen MR) is 65.3 cm³/mol. The second kappa shape index (κ2) is 4.93. The number of rotatable bonds is 2. The molecule has 1 aliphatic heterocycles. The van der Waals surface area contributed by atoms with E-state index in [1.165, 1.54) is 0 Å². The Morgan fingerprint density at radius 3 is 3.12 bits per heavy atom. The average molecular weight is 284 g/mol. The van der Waals surface area contributed by atoms with E-state index in [0.717, 1.165) is 19.5 Å². The molecule has 0 aromatic carbocycles. The Bertz CT molecular complexity index is 397. The standard InChI is InChI=1S/C11H14BrN3O/c1-15-5-3-9(7-15)14-11(16)8-2-4-13-10(12)6-8/h2,4,6,9H,3,5,7H2,1H3,(H,14,16). The van der Waals surface area contributed by atoms with Crippen molar-refractivity contribution in [3.63, 3.8) is 0 Å². The van der Waals surface area contributed by atoms with E-state index in [-0.39, 0.29) is 11.9 Å². The summed E-state index contributed by atoms with van der Waals surface area (Å²) in [5.74, 6) is -0.0246. The summed E-state index contributed by atoms with van der Waals surface area (Å²) in [6.07, 6.45) is 2.65. The summed E-state index contributed by atoms with van der Waals surface area (Å²) in [6, 6.07) is 3.72. The van der Waals surface area contributed by atoms with Gasteiger partial charge in [0.2, 0.25) is 0 Å². The van der Waals surface area contributed by atoms with E-state index in [4.69, 9.17) is 0 Å². The Kier molecular flexibility index (Phi) is 3.56. The maximum absolute atomic E-state index is 11.9. The van der Waals surface area contributed by atoms with Gasteiger partial charge in [-0.1, -0.05) is 0 Å². The number of likely N-dealkylation sites (tertiary alicyclic amines) is 1. The number of amides is 1. The van der Waals surface area contributed by atoms with Gasteiger partial charge in [0.1, 0.15) is 4.60 Å². The van der Waals surface area contributed by atoms with Crippen molar-refractivity contribution < 1.29 is 4.79 Å². The largest absolute Gasteiger partial charge is 0.348 e. The van der Waals surface area contributed by atoms with Crippen molar-refractivity contribution in [2.75, 3.05) is 20.1 Å². The maximum Gasteiger partial charge on any atom is 0.251 e. The van der Waals surface area contributed by atoms with Crippen LogP contribution in [0.1, 0.15) is 16.8 Å². The molecule has 2 heterocycles. The van der Waals surface area contributed by atoms with E-state index in [1.807, 2.05) is 0 Å². The van der Waals surface area contributed by atoms with E-state index >= 15 is 0 Å². The quantitative estimate of drug-likeness (QED) is 0.832. The summed E-state index contributed by atoms with van der Waals surface area (Å²) in [5, 5.41) is 3.02. The number of hydrogen-bond acceptors (Lipinski definition) is 3. The molecule has 0 spiro atoms. The minimum atomic E-state index is -0.0246. The van der Waals surface area contributed by atoms with Gasteiger partial charge >= 0.3 is 0 Å². The highest BCUT2D eigenvalue weighted by molar-refractivity contribution is 9.10. The smallest absolute Gasteiger partial charge is 0.251 e. The fourth-order valence-electron chi connectivity index (χ4n) is 1.87. The molecular formula is C11H14BrN3O. The first kappa shape index (κ1) is 11.5. The molecule has 0 bridgehead atoms. The number of halogens is 1. The molecule has 1 amide bonds. The summed E-state index contributed by atoms with van der Waals surface area (Å²) in [5.41, 5.74) is 0.649. The third kappa shape index (κ3) is 2.80. The normalized spacial score (nSPS) is 21.0. The molecule has 1 aromatic rings. The molecule has 0 aliphatic carbocycles. The molecule has 0 radical (unpaired) electrons. The van der Waals surface area contributed by atoms with Crippen LogP contribution >= 0.6 is 15.9 Å². The van der Waals surface area contributed by atoms with Crippen LogP contribution in [0.4, 0.5) is 0 Å². The monoisotopic (exact) mass is 283 g/mol. The van der Waals surface area contributed by atoms with Gasteiger partial charge in [-0.25, -0.2) is 4.98 Å². The van der Waals surface area contributed by atoms with Gasteiger partial charge in [-0.3, -0.25) is 4.79 Å². The highest BCUT2D eigenvalue weighted by Crippen LogP contribution is 2.10. The van der Waals surface area contributed by atoms with Crippen LogP contribution in [0.2, 0.25) is 0 Å². The number of carbonyl (C=O) groups is 1. The molecular weight excluding hydrogens is 270 g/mol. The zero-order valence-electron chi connectivity index (χ0n) is 9.11. The SMILES string of the molecule is CN1CCC(NC(=O)c2ccnc(Br)c2)C1. The number of nitrogens with zero attached hydrogens (tertiary/aromatic N) is 2. The number of carbonyl (C=O) groups excluding carboxylic acids is 1. The van der Waals surface area contributed by atoms with Crippen molar-refractivity contribution in [2.24, 2.45) is 0 Å². The molecule has 1 aromatic heterocycles. The number of hydrogen-bond donors (Lipinski definition) is 1. The van der Waals surface area contributed by atoms with Gasteiger partial charge in [-0.05, 0) is 48.1 Å². The van der Waals surface area contributed by atoms with E-state index < -0.39 is 0 Å². The van der Waals surface area contributed by atoms with Crippen molar-refractivity contribution >= 4 is 21.8 Å². The van der Waals surface area contributed by atoms with Gasteiger partial charge in [0.15, 0.2) is 0 Å². The van der Waals surface area contributed by atoms with E-state index in [2.05, 4.69) is 38.2 Å². The van der Waals surface area contributed by atoms with Crippen LogP contribution in [-0.4, -0.2) is 42.0 Å². The van der Waals surface area contributed by atoms with Crippen LogP contribution < -0.4 is 5.32 Å². The minimum absolute atomic E-state index is 0.0246. The van der Waals surface area contributed by atoms with Crippen molar-refractivity contribution in [2.45, 2.75) is 12.5 Å². The first-order valence-electron chi connectivity index (χ1n) is 5.26. The topological polar surface area (TPSA) is 45.2 Å². The van der Waals surface area contributed by atoms with Gasteiger partial charge < -0.3 is 10.2 Å². The second-order valence-corrected chi connectivity index (χ2v) is 4.90. The molecule has 16 heavy (non-hydrogen) atoms. The Labute approximate surface area is 103 Å². The van der Waals surface area contributed by atoms with Gasteiger partial charge in [-0.15, -0.1) is 0 Å². The first-order chi connectivity index (χ1) is 7.65. The van der Waals surface area contributed by atoms with Crippen LogP contribution in [0.25, 0.3) is 0 Å². The highest BCUT2D eigenvalue weighted by Gasteiger charge is 2.21. The van der Waals surface area contributed by atoms with E-state index in [9.17, 15) is 4.79 Å². The van der Waals surface area contributed by atoms with Crippen LogP contribution in [-0.2, 0) is 0 Å². The molecule has 1 N–H and O–H groups in total. The minimum Gasteiger partial charge on any atom is -0.348 e. The third-order valence-corrected chi connectivity index (χ3v) is 3.15. The average Bonchev–Trinajstić information content (AvgIpc) is 2.64. The predicted octanol–water partition coefficient (Wildman–Crippen LogP) is 1.28. The number of pyridine rings is 1.